The lowest BCUT2D eigenvalue weighted by Gasteiger charge is -2.07. The van der Waals surface area contributed by atoms with Crippen molar-refractivity contribution in [3.8, 4) is 0 Å². The van der Waals surface area contributed by atoms with Crippen molar-refractivity contribution in [1.29, 1.82) is 0 Å². The molecule has 2 rings (SSSR count). The fraction of sp³-hybridized carbons (Fsp3) is 0.250. The van der Waals surface area contributed by atoms with Crippen molar-refractivity contribution < 1.29 is 5.11 Å². The van der Waals surface area contributed by atoms with E-state index in [0.717, 1.165) is 33.7 Å². The van der Waals surface area contributed by atoms with Gasteiger partial charge in [-0.3, -0.25) is 4.98 Å². The van der Waals surface area contributed by atoms with E-state index in [4.69, 9.17) is 10.8 Å². The highest BCUT2D eigenvalue weighted by Crippen LogP contribution is 2.31. The topological polar surface area (TPSA) is 59.1 Å². The fourth-order valence-corrected chi connectivity index (χ4v) is 2.45. The molecule has 0 saturated carbocycles. The van der Waals surface area contributed by atoms with Crippen molar-refractivity contribution >= 4 is 28.4 Å². The average Bonchev–Trinajstić information content (AvgIpc) is 2.33. The van der Waals surface area contributed by atoms with E-state index in [0.29, 0.717) is 0 Å². The van der Waals surface area contributed by atoms with Gasteiger partial charge in [0.1, 0.15) is 0 Å². The number of benzene rings is 1. The molecular weight excluding hydrogens is 220 g/mol. The number of aliphatic hydroxyl groups is 1. The molecule has 1 heterocycles. The van der Waals surface area contributed by atoms with Crippen LogP contribution in [0.1, 0.15) is 6.42 Å². The third-order valence-corrected chi connectivity index (χ3v) is 3.51. The predicted octanol–water partition coefficient (Wildman–Crippen LogP) is 2.29. The number of aliphatic hydroxyl groups excluding tert-OH is 1. The van der Waals surface area contributed by atoms with Gasteiger partial charge in [-0.15, -0.1) is 11.8 Å². The van der Waals surface area contributed by atoms with Crippen molar-refractivity contribution in [2.75, 3.05) is 18.1 Å². The Hall–Kier alpha value is -1.26. The third-order valence-electron chi connectivity index (χ3n) is 2.35. The van der Waals surface area contributed by atoms with Gasteiger partial charge >= 0.3 is 0 Å². The van der Waals surface area contributed by atoms with E-state index >= 15 is 0 Å². The van der Waals surface area contributed by atoms with E-state index in [-0.39, 0.29) is 6.61 Å². The Morgan fingerprint density at radius 1 is 1.31 bits per heavy atom. The molecule has 1 aromatic carbocycles. The van der Waals surface area contributed by atoms with Crippen LogP contribution in [0.5, 0.6) is 0 Å². The number of fused-ring (bicyclic) bond motifs is 1. The van der Waals surface area contributed by atoms with Crippen LogP contribution in [-0.4, -0.2) is 22.5 Å². The highest BCUT2D eigenvalue weighted by atomic mass is 32.2. The number of nitrogen functional groups attached to an aromatic ring is 1. The van der Waals surface area contributed by atoms with E-state index in [1.807, 2.05) is 24.3 Å². The Bertz CT molecular complexity index is 487. The van der Waals surface area contributed by atoms with E-state index in [1.54, 1.807) is 18.0 Å². The Kier molecular flexibility index (Phi) is 3.64. The number of pyridine rings is 1. The third kappa shape index (κ3) is 2.28. The van der Waals surface area contributed by atoms with Crippen LogP contribution in [0.3, 0.4) is 0 Å². The van der Waals surface area contributed by atoms with Crippen LogP contribution in [0.2, 0.25) is 0 Å². The van der Waals surface area contributed by atoms with Gasteiger partial charge in [-0.25, -0.2) is 0 Å². The SMILES string of the molecule is Nc1c(SCCCO)ccc2ncccc12. The first-order chi connectivity index (χ1) is 7.83. The molecule has 3 nitrogen and oxygen atoms in total. The molecule has 0 bridgehead atoms. The number of aromatic nitrogens is 1. The van der Waals surface area contributed by atoms with Crippen LogP contribution in [0.15, 0.2) is 35.4 Å². The first kappa shape index (κ1) is 11.2. The first-order valence-electron chi connectivity index (χ1n) is 5.20. The van der Waals surface area contributed by atoms with Gasteiger partial charge in [0, 0.05) is 28.8 Å². The molecule has 0 saturated heterocycles. The lowest BCUT2D eigenvalue weighted by Crippen LogP contribution is -1.93. The monoisotopic (exact) mass is 234 g/mol. The number of hydrogen-bond acceptors (Lipinski definition) is 4. The molecule has 84 valence electrons. The standard InChI is InChI=1S/C12H14N2OS/c13-12-9-3-1-6-14-10(9)4-5-11(12)16-8-2-7-15/h1,3-6,15H,2,7-8,13H2. The number of nitrogens with two attached hydrogens (primary N) is 1. The molecule has 0 aliphatic carbocycles. The maximum absolute atomic E-state index is 8.73. The van der Waals surface area contributed by atoms with Crippen LogP contribution >= 0.6 is 11.8 Å². The Balaban J connectivity index is 2.29. The summed E-state index contributed by atoms with van der Waals surface area (Å²) in [5.41, 5.74) is 7.79. The molecule has 2 aromatic rings. The minimum Gasteiger partial charge on any atom is -0.397 e. The molecule has 0 unspecified atom stereocenters. The molecule has 0 amide bonds. The maximum Gasteiger partial charge on any atom is 0.0723 e. The number of hydrogen-bond donors (Lipinski definition) is 2. The molecule has 0 aliphatic heterocycles. The molecule has 0 spiro atoms. The van der Waals surface area contributed by atoms with E-state index < -0.39 is 0 Å². The van der Waals surface area contributed by atoms with Crippen molar-refractivity contribution in [2.24, 2.45) is 0 Å². The smallest absolute Gasteiger partial charge is 0.0723 e. The quantitative estimate of drug-likeness (QED) is 0.484. The zero-order valence-corrected chi connectivity index (χ0v) is 9.70. The second kappa shape index (κ2) is 5.18. The number of nitrogens with zero attached hydrogens (tertiary/aromatic N) is 1. The van der Waals surface area contributed by atoms with Crippen LogP contribution in [0.4, 0.5) is 5.69 Å². The highest BCUT2D eigenvalue weighted by molar-refractivity contribution is 7.99. The van der Waals surface area contributed by atoms with Gasteiger partial charge in [0.2, 0.25) is 0 Å². The molecule has 1 aromatic heterocycles. The highest BCUT2D eigenvalue weighted by Gasteiger charge is 2.04. The summed E-state index contributed by atoms with van der Waals surface area (Å²) in [6.07, 6.45) is 2.55. The maximum atomic E-state index is 8.73. The first-order valence-corrected chi connectivity index (χ1v) is 6.18. The Morgan fingerprint density at radius 3 is 3.00 bits per heavy atom. The number of anilines is 1. The van der Waals surface area contributed by atoms with Crippen LogP contribution in [0, 0.1) is 0 Å². The van der Waals surface area contributed by atoms with Crippen molar-refractivity contribution in [3.63, 3.8) is 0 Å². The Labute approximate surface area is 98.7 Å². The number of rotatable bonds is 4. The summed E-state index contributed by atoms with van der Waals surface area (Å²) in [4.78, 5) is 5.31. The minimum atomic E-state index is 0.224. The second-order valence-corrected chi connectivity index (χ2v) is 4.61. The lowest BCUT2D eigenvalue weighted by atomic mass is 10.2. The summed E-state index contributed by atoms with van der Waals surface area (Å²) in [6.45, 7) is 0.224. The predicted molar refractivity (Wildman–Crippen MR) is 68.6 cm³/mol. The number of thioether (sulfide) groups is 1. The van der Waals surface area contributed by atoms with Gasteiger partial charge in [0.15, 0.2) is 0 Å². The van der Waals surface area contributed by atoms with Crippen molar-refractivity contribution in [2.45, 2.75) is 11.3 Å². The molecule has 0 radical (unpaired) electrons. The fourth-order valence-electron chi connectivity index (χ4n) is 1.53. The summed E-state index contributed by atoms with van der Waals surface area (Å²) in [7, 11) is 0. The summed E-state index contributed by atoms with van der Waals surface area (Å²) >= 11 is 1.67. The zero-order valence-electron chi connectivity index (χ0n) is 8.89. The summed E-state index contributed by atoms with van der Waals surface area (Å²) in [6, 6.07) is 7.84. The summed E-state index contributed by atoms with van der Waals surface area (Å²) in [5, 5.41) is 9.73. The van der Waals surface area contributed by atoms with E-state index in [9.17, 15) is 0 Å². The Morgan fingerprint density at radius 2 is 2.19 bits per heavy atom. The molecule has 16 heavy (non-hydrogen) atoms. The van der Waals surface area contributed by atoms with E-state index in [1.165, 1.54) is 0 Å². The van der Waals surface area contributed by atoms with Gasteiger partial charge in [-0.05, 0) is 30.7 Å². The van der Waals surface area contributed by atoms with Crippen LogP contribution in [0.25, 0.3) is 10.9 Å². The molecule has 0 fully saturated rings. The van der Waals surface area contributed by atoms with Crippen LogP contribution in [-0.2, 0) is 0 Å². The van der Waals surface area contributed by atoms with Crippen LogP contribution < -0.4 is 5.73 Å². The van der Waals surface area contributed by atoms with Gasteiger partial charge in [-0.1, -0.05) is 0 Å². The molecule has 0 aliphatic rings. The normalized spacial score (nSPS) is 10.8. The van der Waals surface area contributed by atoms with Gasteiger partial charge in [0.25, 0.3) is 0 Å². The average molecular weight is 234 g/mol. The zero-order chi connectivity index (χ0) is 11.4. The van der Waals surface area contributed by atoms with Gasteiger partial charge in [-0.2, -0.15) is 0 Å². The van der Waals surface area contributed by atoms with Gasteiger partial charge < -0.3 is 10.8 Å². The van der Waals surface area contributed by atoms with Gasteiger partial charge in [0.05, 0.1) is 11.2 Å². The van der Waals surface area contributed by atoms with Crippen molar-refractivity contribution in [1.82, 2.24) is 4.98 Å². The lowest BCUT2D eigenvalue weighted by molar-refractivity contribution is 0.296. The molecule has 0 atom stereocenters. The van der Waals surface area contributed by atoms with E-state index in [2.05, 4.69) is 4.98 Å². The summed E-state index contributed by atoms with van der Waals surface area (Å²) < 4.78 is 0. The summed E-state index contributed by atoms with van der Waals surface area (Å²) in [5.74, 6) is 0.881. The van der Waals surface area contributed by atoms with Crippen molar-refractivity contribution in [3.05, 3.63) is 30.5 Å². The molecular formula is C12H14N2OS. The molecule has 3 N–H and O–H groups in total. The second-order valence-electron chi connectivity index (χ2n) is 3.47. The minimum absolute atomic E-state index is 0.224. The molecule has 4 heteroatoms. The largest absolute Gasteiger partial charge is 0.397 e.